The Labute approximate surface area is 180 Å². The van der Waals surface area contributed by atoms with Crippen molar-refractivity contribution in [3.05, 3.63) is 59.7 Å². The van der Waals surface area contributed by atoms with Gasteiger partial charge in [0.2, 0.25) is 5.91 Å². The summed E-state index contributed by atoms with van der Waals surface area (Å²) >= 11 is 0. The van der Waals surface area contributed by atoms with Gasteiger partial charge in [-0.2, -0.15) is 0 Å². The van der Waals surface area contributed by atoms with Gasteiger partial charge in [0.1, 0.15) is 12.6 Å². The molecule has 2 aromatic carbocycles. The van der Waals surface area contributed by atoms with Gasteiger partial charge < -0.3 is 25.2 Å². The number of carboxylic acid groups (broad SMARTS) is 1. The van der Waals surface area contributed by atoms with Crippen molar-refractivity contribution in [1.29, 1.82) is 0 Å². The van der Waals surface area contributed by atoms with Crippen LogP contribution in [0.2, 0.25) is 0 Å². The zero-order valence-electron chi connectivity index (χ0n) is 17.4. The topological polar surface area (TPSA) is 116 Å². The normalized spacial score (nSPS) is 14.2. The van der Waals surface area contributed by atoms with Crippen molar-refractivity contribution in [2.45, 2.75) is 31.4 Å². The number of amides is 2. The number of aliphatic hydroxyl groups excluding tert-OH is 1. The van der Waals surface area contributed by atoms with Crippen LogP contribution >= 0.6 is 0 Å². The Morgan fingerprint density at radius 2 is 1.61 bits per heavy atom. The molecule has 0 radical (unpaired) electrons. The highest BCUT2D eigenvalue weighted by Gasteiger charge is 2.31. The number of ether oxygens (including phenoxy) is 1. The van der Waals surface area contributed by atoms with Crippen molar-refractivity contribution in [3.63, 3.8) is 0 Å². The number of carboxylic acids is 1. The van der Waals surface area contributed by atoms with Crippen molar-refractivity contribution in [2.24, 2.45) is 0 Å². The molecule has 2 unspecified atom stereocenters. The third-order valence-corrected chi connectivity index (χ3v) is 5.23. The largest absolute Gasteiger partial charge is 0.481 e. The van der Waals surface area contributed by atoms with Gasteiger partial charge in [0, 0.05) is 19.5 Å². The zero-order chi connectivity index (χ0) is 22.5. The first-order chi connectivity index (χ1) is 14.8. The lowest BCUT2D eigenvalue weighted by atomic mass is 9.98. The second kappa shape index (κ2) is 9.61. The number of likely N-dealkylation sites (N-methyl/N-ethyl adjacent to an activating group) is 1. The molecule has 2 aromatic rings. The van der Waals surface area contributed by atoms with Gasteiger partial charge in [-0.3, -0.25) is 9.59 Å². The lowest BCUT2D eigenvalue weighted by Crippen LogP contribution is -2.49. The number of nitrogens with one attached hydrogen (secondary N) is 1. The monoisotopic (exact) mass is 426 g/mol. The molecule has 2 amide bonds. The van der Waals surface area contributed by atoms with Gasteiger partial charge in [0.05, 0.1) is 12.5 Å². The molecule has 0 fully saturated rings. The quantitative estimate of drug-likeness (QED) is 0.596. The van der Waals surface area contributed by atoms with Crippen LogP contribution in [-0.4, -0.2) is 65.4 Å². The maximum absolute atomic E-state index is 12.5. The number of aliphatic hydroxyl groups is 1. The molecule has 0 bridgehead atoms. The highest BCUT2D eigenvalue weighted by molar-refractivity contribution is 5.89. The van der Waals surface area contributed by atoms with Crippen LogP contribution in [0.3, 0.4) is 0 Å². The Morgan fingerprint density at radius 1 is 1.06 bits per heavy atom. The lowest BCUT2D eigenvalue weighted by molar-refractivity contribution is -0.142. The minimum Gasteiger partial charge on any atom is -0.481 e. The van der Waals surface area contributed by atoms with E-state index in [2.05, 4.69) is 5.32 Å². The molecule has 0 spiro atoms. The molecule has 1 aliphatic carbocycles. The molecule has 0 aliphatic heterocycles. The number of nitrogens with zero attached hydrogens (tertiary/aromatic N) is 1. The Morgan fingerprint density at radius 3 is 2.13 bits per heavy atom. The predicted octanol–water partition coefficient (Wildman–Crippen LogP) is 2.21. The second-order valence-electron chi connectivity index (χ2n) is 7.69. The number of benzene rings is 2. The van der Waals surface area contributed by atoms with Crippen molar-refractivity contribution in [1.82, 2.24) is 10.2 Å². The van der Waals surface area contributed by atoms with E-state index in [1.54, 1.807) is 0 Å². The van der Waals surface area contributed by atoms with Crippen molar-refractivity contribution in [3.8, 4) is 11.1 Å². The molecule has 31 heavy (non-hydrogen) atoms. The molecule has 0 aromatic heterocycles. The van der Waals surface area contributed by atoms with E-state index in [0.717, 1.165) is 22.3 Å². The van der Waals surface area contributed by atoms with Crippen LogP contribution in [0.4, 0.5) is 4.79 Å². The van der Waals surface area contributed by atoms with Crippen LogP contribution in [0.1, 0.15) is 30.4 Å². The summed E-state index contributed by atoms with van der Waals surface area (Å²) in [6, 6.07) is 14.5. The first-order valence-corrected chi connectivity index (χ1v) is 10.0. The maximum Gasteiger partial charge on any atom is 0.407 e. The molecule has 0 saturated heterocycles. The molecule has 8 heteroatoms. The van der Waals surface area contributed by atoms with Crippen LogP contribution in [0.5, 0.6) is 0 Å². The van der Waals surface area contributed by atoms with Crippen LogP contribution in [0.15, 0.2) is 48.5 Å². The van der Waals surface area contributed by atoms with E-state index in [1.165, 1.54) is 18.9 Å². The third kappa shape index (κ3) is 5.21. The summed E-state index contributed by atoms with van der Waals surface area (Å²) < 4.78 is 5.40. The first kappa shape index (κ1) is 22.3. The van der Waals surface area contributed by atoms with E-state index < -0.39 is 36.5 Å². The molecule has 0 heterocycles. The zero-order valence-corrected chi connectivity index (χ0v) is 17.4. The molecule has 164 valence electrons. The van der Waals surface area contributed by atoms with Crippen molar-refractivity contribution in [2.75, 3.05) is 20.2 Å². The molecule has 3 N–H and O–H groups in total. The smallest absolute Gasteiger partial charge is 0.407 e. The average molecular weight is 426 g/mol. The summed E-state index contributed by atoms with van der Waals surface area (Å²) in [5, 5.41) is 20.9. The van der Waals surface area contributed by atoms with Gasteiger partial charge in [0.15, 0.2) is 0 Å². The minimum absolute atomic E-state index is 0.0152. The number of carbonyl (C=O) groups is 3. The maximum atomic E-state index is 12.5. The van der Waals surface area contributed by atoms with Crippen molar-refractivity contribution < 1.29 is 29.3 Å². The first-order valence-electron chi connectivity index (χ1n) is 10.0. The van der Waals surface area contributed by atoms with E-state index in [1.807, 2.05) is 48.5 Å². The Bertz CT molecular complexity index is 929. The average Bonchev–Trinajstić information content (AvgIpc) is 3.04. The minimum atomic E-state index is -1.29. The number of hydrogen-bond acceptors (Lipinski definition) is 5. The molecule has 1 aliphatic rings. The predicted molar refractivity (Wildman–Crippen MR) is 114 cm³/mol. The second-order valence-corrected chi connectivity index (χ2v) is 7.69. The third-order valence-electron chi connectivity index (χ3n) is 5.23. The number of fused-ring (bicyclic) bond motifs is 3. The van der Waals surface area contributed by atoms with Gasteiger partial charge in [-0.1, -0.05) is 48.5 Å². The van der Waals surface area contributed by atoms with Gasteiger partial charge in [-0.25, -0.2) is 4.79 Å². The van der Waals surface area contributed by atoms with E-state index in [-0.39, 0.29) is 19.1 Å². The Balaban J connectivity index is 1.68. The van der Waals surface area contributed by atoms with Gasteiger partial charge in [-0.05, 0) is 29.2 Å². The number of hydrogen-bond donors (Lipinski definition) is 3. The summed E-state index contributed by atoms with van der Waals surface area (Å²) in [6.45, 7) is 1.58. The van der Waals surface area contributed by atoms with E-state index in [4.69, 9.17) is 9.84 Å². The Kier molecular flexibility index (Phi) is 6.91. The number of carbonyl (C=O) groups excluding carboxylic acids is 2. The highest BCUT2D eigenvalue weighted by atomic mass is 16.5. The number of alkyl carbamates (subject to hydrolysis) is 1. The van der Waals surface area contributed by atoms with Crippen LogP contribution in [-0.2, 0) is 14.3 Å². The van der Waals surface area contributed by atoms with Crippen LogP contribution in [0, 0.1) is 0 Å². The fourth-order valence-electron chi connectivity index (χ4n) is 3.91. The molecule has 8 nitrogen and oxygen atoms in total. The molecule has 3 rings (SSSR count). The summed E-state index contributed by atoms with van der Waals surface area (Å²) in [5.41, 5.74) is 4.27. The summed E-state index contributed by atoms with van der Waals surface area (Å²) in [7, 11) is 1.43. The fourth-order valence-corrected chi connectivity index (χ4v) is 3.91. The molecule has 0 saturated carbocycles. The lowest BCUT2D eigenvalue weighted by Gasteiger charge is -2.24. The van der Waals surface area contributed by atoms with Crippen LogP contribution in [0.25, 0.3) is 11.1 Å². The van der Waals surface area contributed by atoms with Crippen LogP contribution < -0.4 is 5.32 Å². The van der Waals surface area contributed by atoms with Gasteiger partial charge in [0.25, 0.3) is 0 Å². The molecule has 2 atom stereocenters. The standard InChI is InChI=1S/C23H26N2O6/c1-14(26)12-25(2)22(29)20(11-21(27)28)24-23(30)31-13-19-17-9-5-3-7-15(17)16-8-4-6-10-18(16)19/h3-10,14,19-20,26H,11-13H2,1-2H3,(H,24,30)(H,27,28). The van der Waals surface area contributed by atoms with E-state index in [0.29, 0.717) is 0 Å². The highest BCUT2D eigenvalue weighted by Crippen LogP contribution is 2.44. The van der Waals surface area contributed by atoms with Crippen molar-refractivity contribution >= 4 is 18.0 Å². The fraction of sp³-hybridized carbons (Fsp3) is 0.348. The summed E-state index contributed by atoms with van der Waals surface area (Å²) in [6.07, 6.45) is -2.24. The SMILES string of the molecule is CC(O)CN(C)C(=O)C(CC(=O)O)NC(=O)OCC1c2ccccc2-c2ccccc21. The molecular formula is C23H26N2O6. The number of rotatable bonds is 8. The van der Waals surface area contributed by atoms with E-state index >= 15 is 0 Å². The van der Waals surface area contributed by atoms with E-state index in [9.17, 15) is 19.5 Å². The summed E-state index contributed by atoms with van der Waals surface area (Å²) in [4.78, 5) is 37.3. The molecular weight excluding hydrogens is 400 g/mol. The Hall–Kier alpha value is -3.39. The number of aliphatic carboxylic acids is 1. The van der Waals surface area contributed by atoms with Gasteiger partial charge >= 0.3 is 12.1 Å². The summed E-state index contributed by atoms with van der Waals surface area (Å²) in [5.74, 6) is -2.00. The van der Waals surface area contributed by atoms with Gasteiger partial charge in [-0.15, -0.1) is 0 Å².